The van der Waals surface area contributed by atoms with Crippen molar-refractivity contribution in [2.75, 3.05) is 20.8 Å². The summed E-state index contributed by atoms with van der Waals surface area (Å²) in [5.74, 6) is 1.41. The second-order valence-electron chi connectivity index (χ2n) is 5.07. The lowest BCUT2D eigenvalue weighted by Gasteiger charge is -2.10. The van der Waals surface area contributed by atoms with Crippen molar-refractivity contribution in [2.24, 2.45) is 0 Å². The average molecular weight is 406 g/mol. The van der Waals surface area contributed by atoms with Gasteiger partial charge in [0.2, 0.25) is 0 Å². The number of methoxy groups -OCH3 is 2. The fourth-order valence-corrected chi connectivity index (χ4v) is 2.60. The molecule has 2 aromatic rings. The van der Waals surface area contributed by atoms with Crippen molar-refractivity contribution in [1.29, 1.82) is 0 Å². The molecule has 1 amide bonds. The lowest BCUT2D eigenvalue weighted by atomic mass is 10.1. The topological polar surface area (TPSA) is 56.8 Å². The Balaban J connectivity index is 1.85. The van der Waals surface area contributed by atoms with Crippen LogP contribution in [0.2, 0.25) is 0 Å². The fraction of sp³-hybridized carbons (Fsp3) is 0.211. The first-order chi connectivity index (χ1) is 12.1. The molecule has 0 bridgehead atoms. The van der Waals surface area contributed by atoms with Gasteiger partial charge in [-0.2, -0.15) is 0 Å². The quantitative estimate of drug-likeness (QED) is 0.741. The third-order valence-electron chi connectivity index (χ3n) is 3.38. The van der Waals surface area contributed by atoms with E-state index in [0.717, 1.165) is 15.6 Å². The van der Waals surface area contributed by atoms with Crippen LogP contribution >= 0.6 is 15.9 Å². The summed E-state index contributed by atoms with van der Waals surface area (Å²) in [6.45, 7) is 0.587. The molecule has 0 saturated carbocycles. The van der Waals surface area contributed by atoms with Gasteiger partial charge in [-0.05, 0) is 33.6 Å². The summed E-state index contributed by atoms with van der Waals surface area (Å²) in [6, 6.07) is 13.2. The molecule has 0 fully saturated rings. The molecular formula is C19H20BrNO4. The van der Waals surface area contributed by atoms with Gasteiger partial charge in [0.15, 0.2) is 0 Å². The van der Waals surface area contributed by atoms with E-state index in [2.05, 4.69) is 21.2 Å². The van der Waals surface area contributed by atoms with Crippen LogP contribution in [0.4, 0.5) is 4.79 Å². The minimum atomic E-state index is -0.464. The van der Waals surface area contributed by atoms with Crippen LogP contribution in [0.15, 0.2) is 53.0 Å². The van der Waals surface area contributed by atoms with Crippen LogP contribution in [0.5, 0.6) is 11.5 Å². The highest BCUT2D eigenvalue weighted by Gasteiger charge is 2.07. The minimum Gasteiger partial charge on any atom is -0.496 e. The van der Waals surface area contributed by atoms with E-state index in [1.165, 1.54) is 0 Å². The number of rotatable bonds is 7. The van der Waals surface area contributed by atoms with E-state index in [1.54, 1.807) is 14.2 Å². The average Bonchev–Trinajstić information content (AvgIpc) is 2.65. The number of ether oxygens (including phenoxy) is 3. The lowest BCUT2D eigenvalue weighted by molar-refractivity contribution is 0.141. The third-order valence-corrected chi connectivity index (χ3v) is 4.00. The van der Waals surface area contributed by atoms with Crippen molar-refractivity contribution >= 4 is 28.1 Å². The van der Waals surface area contributed by atoms with Crippen molar-refractivity contribution < 1.29 is 19.0 Å². The SMILES string of the molecule is COc1cc(C=CCNC(=O)OCc2ccccc2)c(OC)cc1Br. The Morgan fingerprint density at radius 1 is 1.12 bits per heavy atom. The maximum absolute atomic E-state index is 11.7. The van der Waals surface area contributed by atoms with Crippen LogP contribution in [0, 0.1) is 0 Å². The summed E-state index contributed by atoms with van der Waals surface area (Å²) in [5, 5.41) is 2.67. The number of hydrogen-bond acceptors (Lipinski definition) is 4. The number of nitrogens with one attached hydrogen (secondary N) is 1. The molecule has 25 heavy (non-hydrogen) atoms. The molecule has 0 aromatic heterocycles. The molecule has 0 aliphatic heterocycles. The van der Waals surface area contributed by atoms with Crippen LogP contribution in [-0.2, 0) is 11.3 Å². The van der Waals surface area contributed by atoms with E-state index in [9.17, 15) is 4.79 Å². The van der Waals surface area contributed by atoms with E-state index in [1.807, 2.05) is 54.6 Å². The van der Waals surface area contributed by atoms with Gasteiger partial charge in [0.1, 0.15) is 18.1 Å². The molecular weight excluding hydrogens is 386 g/mol. The first-order valence-corrected chi connectivity index (χ1v) is 8.46. The normalized spacial score (nSPS) is 10.5. The van der Waals surface area contributed by atoms with Crippen molar-refractivity contribution in [3.8, 4) is 11.5 Å². The Morgan fingerprint density at radius 3 is 2.52 bits per heavy atom. The predicted octanol–water partition coefficient (Wildman–Crippen LogP) is 4.41. The third kappa shape index (κ3) is 5.83. The smallest absolute Gasteiger partial charge is 0.407 e. The molecule has 0 aliphatic rings. The number of hydrogen-bond donors (Lipinski definition) is 1. The molecule has 2 rings (SSSR count). The highest BCUT2D eigenvalue weighted by molar-refractivity contribution is 9.10. The molecule has 6 heteroatoms. The number of amides is 1. The molecule has 1 N–H and O–H groups in total. The van der Waals surface area contributed by atoms with Crippen LogP contribution in [0.25, 0.3) is 6.08 Å². The summed E-state index contributed by atoms with van der Waals surface area (Å²) in [7, 11) is 3.20. The van der Waals surface area contributed by atoms with E-state index in [0.29, 0.717) is 18.0 Å². The minimum absolute atomic E-state index is 0.244. The number of carbonyl (C=O) groups is 1. The number of benzene rings is 2. The molecule has 5 nitrogen and oxygen atoms in total. The number of halogens is 1. The van der Waals surface area contributed by atoms with Gasteiger partial charge in [-0.25, -0.2) is 4.79 Å². The Labute approximate surface area is 155 Å². The van der Waals surface area contributed by atoms with E-state index in [-0.39, 0.29) is 6.61 Å². The fourth-order valence-electron chi connectivity index (χ4n) is 2.12. The molecule has 0 saturated heterocycles. The maximum atomic E-state index is 11.7. The zero-order chi connectivity index (χ0) is 18.1. The van der Waals surface area contributed by atoms with Gasteiger partial charge in [0.05, 0.1) is 18.7 Å². The van der Waals surface area contributed by atoms with E-state index in [4.69, 9.17) is 14.2 Å². The van der Waals surface area contributed by atoms with Crippen LogP contribution in [-0.4, -0.2) is 26.9 Å². The Kier molecular flexibility index (Phi) is 7.35. The lowest BCUT2D eigenvalue weighted by Crippen LogP contribution is -2.24. The first kappa shape index (κ1) is 18.9. The second-order valence-corrected chi connectivity index (χ2v) is 5.93. The first-order valence-electron chi connectivity index (χ1n) is 7.66. The Hall–Kier alpha value is -2.47. The van der Waals surface area contributed by atoms with Crippen LogP contribution < -0.4 is 14.8 Å². The molecule has 0 atom stereocenters. The van der Waals surface area contributed by atoms with E-state index >= 15 is 0 Å². The number of carbonyl (C=O) groups excluding carboxylic acids is 1. The number of alkyl carbamates (subject to hydrolysis) is 1. The predicted molar refractivity (Wildman–Crippen MR) is 101 cm³/mol. The Bertz CT molecular complexity index is 732. The van der Waals surface area contributed by atoms with E-state index < -0.39 is 6.09 Å². The van der Waals surface area contributed by atoms with Gasteiger partial charge in [-0.15, -0.1) is 0 Å². The summed E-state index contributed by atoms with van der Waals surface area (Å²) in [5.41, 5.74) is 1.79. The molecule has 0 spiro atoms. The standard InChI is InChI=1S/C19H20BrNO4/c1-23-17-12-16(20)18(24-2)11-15(17)9-6-10-21-19(22)25-13-14-7-4-3-5-8-14/h3-9,11-12H,10,13H2,1-2H3,(H,21,22). The largest absolute Gasteiger partial charge is 0.496 e. The molecule has 0 radical (unpaired) electrons. The second kappa shape index (κ2) is 9.74. The molecule has 0 unspecified atom stereocenters. The van der Waals surface area contributed by atoms with Crippen molar-refractivity contribution in [1.82, 2.24) is 5.32 Å². The zero-order valence-electron chi connectivity index (χ0n) is 14.1. The Morgan fingerprint density at radius 2 is 1.84 bits per heavy atom. The molecule has 132 valence electrons. The van der Waals surface area contributed by atoms with Gasteiger partial charge < -0.3 is 19.5 Å². The van der Waals surface area contributed by atoms with Crippen molar-refractivity contribution in [2.45, 2.75) is 6.61 Å². The van der Waals surface area contributed by atoms with Crippen LogP contribution in [0.1, 0.15) is 11.1 Å². The monoisotopic (exact) mass is 405 g/mol. The molecule has 0 heterocycles. The molecule has 2 aromatic carbocycles. The van der Waals surface area contributed by atoms with Crippen LogP contribution in [0.3, 0.4) is 0 Å². The van der Waals surface area contributed by atoms with Crippen molar-refractivity contribution in [3.05, 3.63) is 64.1 Å². The zero-order valence-corrected chi connectivity index (χ0v) is 15.7. The van der Waals surface area contributed by atoms with Gasteiger partial charge in [0.25, 0.3) is 0 Å². The highest BCUT2D eigenvalue weighted by Crippen LogP contribution is 2.33. The van der Waals surface area contributed by atoms with Gasteiger partial charge in [-0.3, -0.25) is 0 Å². The van der Waals surface area contributed by atoms with Gasteiger partial charge in [-0.1, -0.05) is 42.5 Å². The van der Waals surface area contributed by atoms with Gasteiger partial charge in [0, 0.05) is 12.1 Å². The summed E-state index contributed by atoms with van der Waals surface area (Å²) in [6.07, 6.45) is 3.20. The summed E-state index contributed by atoms with van der Waals surface area (Å²) < 4.78 is 16.6. The highest BCUT2D eigenvalue weighted by atomic mass is 79.9. The summed E-state index contributed by atoms with van der Waals surface area (Å²) >= 11 is 3.42. The molecule has 0 aliphatic carbocycles. The van der Waals surface area contributed by atoms with Crippen molar-refractivity contribution in [3.63, 3.8) is 0 Å². The van der Waals surface area contributed by atoms with Gasteiger partial charge >= 0.3 is 6.09 Å². The maximum Gasteiger partial charge on any atom is 0.407 e. The summed E-state index contributed by atoms with van der Waals surface area (Å²) in [4.78, 5) is 11.7.